The molecule has 0 bridgehead atoms. The second-order valence-electron chi connectivity index (χ2n) is 5.16. The molecule has 1 aromatic carbocycles. The summed E-state index contributed by atoms with van der Waals surface area (Å²) in [6, 6.07) is 4.29. The van der Waals surface area contributed by atoms with Crippen molar-refractivity contribution in [3.8, 4) is 5.75 Å². The zero-order valence-electron chi connectivity index (χ0n) is 11.6. The van der Waals surface area contributed by atoms with Crippen LogP contribution in [0.3, 0.4) is 0 Å². The summed E-state index contributed by atoms with van der Waals surface area (Å²) in [6.07, 6.45) is 0.875. The molecule has 0 aliphatic carbocycles. The third-order valence-corrected chi connectivity index (χ3v) is 3.36. The molecule has 0 heterocycles. The molecule has 1 N–H and O–H groups in total. The number of rotatable bonds is 5. The van der Waals surface area contributed by atoms with E-state index in [0.717, 1.165) is 12.2 Å². The second kappa shape index (κ2) is 6.06. The first-order chi connectivity index (χ1) is 7.99. The molecule has 0 aromatic heterocycles. The largest absolute Gasteiger partial charge is 0.496 e. The lowest BCUT2D eigenvalue weighted by Gasteiger charge is -2.21. The molecule has 0 saturated heterocycles. The van der Waals surface area contributed by atoms with Crippen molar-refractivity contribution < 1.29 is 9.84 Å². The first kappa shape index (κ1) is 14.0. The summed E-state index contributed by atoms with van der Waals surface area (Å²) in [5, 5.41) is 9.42. The van der Waals surface area contributed by atoms with Crippen LogP contribution in [0.5, 0.6) is 5.75 Å². The molecule has 1 aromatic rings. The molecule has 17 heavy (non-hydrogen) atoms. The van der Waals surface area contributed by atoms with Crippen molar-refractivity contribution in [1.82, 2.24) is 0 Å². The first-order valence-electron chi connectivity index (χ1n) is 6.24. The highest BCUT2D eigenvalue weighted by molar-refractivity contribution is 5.44. The van der Waals surface area contributed by atoms with Crippen LogP contribution in [0.1, 0.15) is 30.5 Å². The van der Waals surface area contributed by atoms with Gasteiger partial charge in [-0.05, 0) is 43.2 Å². The van der Waals surface area contributed by atoms with Gasteiger partial charge in [-0.3, -0.25) is 0 Å². The van der Waals surface area contributed by atoms with Crippen LogP contribution in [0.25, 0.3) is 0 Å². The van der Waals surface area contributed by atoms with Gasteiger partial charge < -0.3 is 9.84 Å². The van der Waals surface area contributed by atoms with E-state index < -0.39 is 0 Å². The van der Waals surface area contributed by atoms with E-state index in [4.69, 9.17) is 4.74 Å². The Morgan fingerprint density at radius 3 is 2.35 bits per heavy atom. The zero-order chi connectivity index (χ0) is 13.0. The SMILES string of the molecule is COc1c(C)cc(C)cc1CC(CO)C(C)C. The standard InChI is InChI=1S/C15H24O2/c1-10(2)14(9-16)8-13-7-11(3)6-12(4)15(13)17-5/h6-7,10,14,16H,8-9H2,1-5H3. The van der Waals surface area contributed by atoms with Crippen LogP contribution in [0.15, 0.2) is 12.1 Å². The van der Waals surface area contributed by atoms with Crippen LogP contribution in [-0.2, 0) is 6.42 Å². The van der Waals surface area contributed by atoms with Crippen molar-refractivity contribution in [2.75, 3.05) is 13.7 Å². The van der Waals surface area contributed by atoms with Gasteiger partial charge in [0.05, 0.1) is 7.11 Å². The van der Waals surface area contributed by atoms with Crippen molar-refractivity contribution >= 4 is 0 Å². The molecule has 1 atom stereocenters. The highest BCUT2D eigenvalue weighted by Crippen LogP contribution is 2.29. The molecule has 2 nitrogen and oxygen atoms in total. The van der Waals surface area contributed by atoms with Gasteiger partial charge in [-0.2, -0.15) is 0 Å². The van der Waals surface area contributed by atoms with Crippen molar-refractivity contribution in [2.45, 2.75) is 34.1 Å². The molecule has 0 saturated carbocycles. The Balaban J connectivity index is 3.04. The molecule has 0 spiro atoms. The van der Waals surface area contributed by atoms with Gasteiger partial charge in [-0.1, -0.05) is 31.5 Å². The smallest absolute Gasteiger partial charge is 0.124 e. The molecule has 1 unspecified atom stereocenters. The molecule has 0 aliphatic heterocycles. The third-order valence-electron chi connectivity index (χ3n) is 3.36. The molecular weight excluding hydrogens is 212 g/mol. The monoisotopic (exact) mass is 236 g/mol. The van der Waals surface area contributed by atoms with Gasteiger partial charge in [0.25, 0.3) is 0 Å². The minimum Gasteiger partial charge on any atom is -0.496 e. The van der Waals surface area contributed by atoms with Gasteiger partial charge >= 0.3 is 0 Å². The fourth-order valence-electron chi connectivity index (χ4n) is 2.28. The van der Waals surface area contributed by atoms with Gasteiger partial charge in [0, 0.05) is 6.61 Å². The van der Waals surface area contributed by atoms with E-state index in [0.29, 0.717) is 11.8 Å². The quantitative estimate of drug-likeness (QED) is 0.851. The Morgan fingerprint density at radius 1 is 1.24 bits per heavy atom. The minimum absolute atomic E-state index is 0.230. The van der Waals surface area contributed by atoms with Gasteiger partial charge in [0.2, 0.25) is 0 Å². The molecule has 2 heteroatoms. The van der Waals surface area contributed by atoms with Crippen molar-refractivity contribution in [1.29, 1.82) is 0 Å². The fraction of sp³-hybridized carbons (Fsp3) is 0.600. The lowest BCUT2D eigenvalue weighted by Crippen LogP contribution is -2.17. The average Bonchev–Trinajstić information content (AvgIpc) is 2.24. The summed E-state index contributed by atoms with van der Waals surface area (Å²) in [5.41, 5.74) is 3.62. The maximum atomic E-state index is 9.42. The Morgan fingerprint density at radius 2 is 1.88 bits per heavy atom. The molecule has 0 aliphatic rings. The third kappa shape index (κ3) is 3.47. The van der Waals surface area contributed by atoms with E-state index in [1.807, 2.05) is 0 Å². The number of hydrogen-bond acceptors (Lipinski definition) is 2. The normalized spacial score (nSPS) is 12.9. The van der Waals surface area contributed by atoms with E-state index in [1.54, 1.807) is 7.11 Å². The number of aryl methyl sites for hydroxylation is 2. The fourth-order valence-corrected chi connectivity index (χ4v) is 2.28. The number of methoxy groups -OCH3 is 1. The van der Waals surface area contributed by atoms with E-state index in [1.165, 1.54) is 16.7 Å². The molecule has 96 valence electrons. The summed E-state index contributed by atoms with van der Waals surface area (Å²) in [4.78, 5) is 0. The number of benzene rings is 1. The number of ether oxygens (including phenoxy) is 1. The van der Waals surface area contributed by atoms with Crippen LogP contribution in [0, 0.1) is 25.7 Å². The summed E-state index contributed by atoms with van der Waals surface area (Å²) >= 11 is 0. The van der Waals surface area contributed by atoms with E-state index in [9.17, 15) is 5.11 Å². The molecule has 0 amide bonds. The number of hydrogen-bond donors (Lipinski definition) is 1. The topological polar surface area (TPSA) is 29.5 Å². The highest BCUT2D eigenvalue weighted by atomic mass is 16.5. The molecule has 1 rings (SSSR count). The Labute approximate surface area is 105 Å². The van der Waals surface area contributed by atoms with Crippen molar-refractivity contribution in [2.24, 2.45) is 11.8 Å². The predicted molar refractivity (Wildman–Crippen MR) is 71.6 cm³/mol. The lowest BCUT2D eigenvalue weighted by molar-refractivity contribution is 0.188. The van der Waals surface area contributed by atoms with Gasteiger partial charge in [-0.25, -0.2) is 0 Å². The predicted octanol–water partition coefficient (Wildman–Crippen LogP) is 3.12. The zero-order valence-corrected chi connectivity index (χ0v) is 11.6. The molecular formula is C15H24O2. The summed E-state index contributed by atoms with van der Waals surface area (Å²) in [7, 11) is 1.71. The summed E-state index contributed by atoms with van der Waals surface area (Å²) in [5.74, 6) is 1.74. The van der Waals surface area contributed by atoms with Crippen LogP contribution < -0.4 is 4.74 Å². The number of aliphatic hydroxyl groups is 1. The second-order valence-corrected chi connectivity index (χ2v) is 5.16. The number of aliphatic hydroxyl groups excluding tert-OH is 1. The Hall–Kier alpha value is -1.02. The van der Waals surface area contributed by atoms with Gasteiger partial charge in [0.1, 0.15) is 5.75 Å². The maximum absolute atomic E-state index is 9.42. The lowest BCUT2D eigenvalue weighted by atomic mass is 9.88. The summed E-state index contributed by atoms with van der Waals surface area (Å²) in [6.45, 7) is 8.69. The molecule has 0 fully saturated rings. The summed E-state index contributed by atoms with van der Waals surface area (Å²) < 4.78 is 5.47. The van der Waals surface area contributed by atoms with Gasteiger partial charge in [0.15, 0.2) is 0 Å². The maximum Gasteiger partial charge on any atom is 0.124 e. The van der Waals surface area contributed by atoms with Gasteiger partial charge in [-0.15, -0.1) is 0 Å². The van der Waals surface area contributed by atoms with Crippen molar-refractivity contribution in [3.05, 3.63) is 28.8 Å². The van der Waals surface area contributed by atoms with Crippen LogP contribution in [0.4, 0.5) is 0 Å². The minimum atomic E-state index is 0.230. The first-order valence-corrected chi connectivity index (χ1v) is 6.24. The van der Waals surface area contributed by atoms with E-state index in [2.05, 4.69) is 39.8 Å². The highest BCUT2D eigenvalue weighted by Gasteiger charge is 2.16. The molecule has 0 radical (unpaired) electrons. The van der Waals surface area contributed by atoms with Crippen molar-refractivity contribution in [3.63, 3.8) is 0 Å². The van der Waals surface area contributed by atoms with Crippen LogP contribution in [-0.4, -0.2) is 18.8 Å². The van der Waals surface area contributed by atoms with E-state index >= 15 is 0 Å². The van der Waals surface area contributed by atoms with Crippen LogP contribution in [0.2, 0.25) is 0 Å². The Bertz CT molecular complexity index is 369. The van der Waals surface area contributed by atoms with Crippen LogP contribution >= 0.6 is 0 Å². The average molecular weight is 236 g/mol. The Kier molecular flexibility index (Phi) is 5.01. The van der Waals surface area contributed by atoms with E-state index in [-0.39, 0.29) is 6.61 Å².